The van der Waals surface area contributed by atoms with Crippen molar-refractivity contribution in [2.75, 3.05) is 19.8 Å². The minimum Gasteiger partial charge on any atom is -0.368 e. The van der Waals surface area contributed by atoms with E-state index in [1.165, 1.54) is 10.5 Å². The Morgan fingerprint density at radius 1 is 1.09 bits per heavy atom. The monoisotopic (exact) mass is 312 g/mol. The molecule has 0 atom stereocenters. The smallest absolute Gasteiger partial charge is 0.257 e. The Labute approximate surface area is 137 Å². The molecule has 0 aliphatic rings. The van der Waals surface area contributed by atoms with E-state index in [4.69, 9.17) is 5.73 Å². The van der Waals surface area contributed by atoms with E-state index in [1.807, 2.05) is 12.1 Å². The number of nitrogens with two attached hydrogens (primary N) is 1. The van der Waals surface area contributed by atoms with Crippen molar-refractivity contribution < 1.29 is 4.79 Å². The lowest BCUT2D eigenvalue weighted by Gasteiger charge is -2.20. The normalized spacial score (nSPS) is 11.4. The van der Waals surface area contributed by atoms with Gasteiger partial charge in [-0.3, -0.25) is 4.79 Å². The molecule has 0 aliphatic heterocycles. The minimum absolute atomic E-state index is 0.0709. The second kappa shape index (κ2) is 5.99. The number of aryl methyl sites for hydroxylation is 1. The van der Waals surface area contributed by atoms with Crippen molar-refractivity contribution in [3.05, 3.63) is 41.1 Å². The fraction of sp³-hybridized carbons (Fsp3) is 0.389. The van der Waals surface area contributed by atoms with Gasteiger partial charge >= 0.3 is 0 Å². The first kappa shape index (κ1) is 16.9. The zero-order valence-electron chi connectivity index (χ0n) is 14.6. The molecule has 2 aromatic rings. The van der Waals surface area contributed by atoms with Crippen molar-refractivity contribution in [3.63, 3.8) is 0 Å². The number of aromatic nitrogens is 2. The zero-order chi connectivity index (χ0) is 17.4. The van der Waals surface area contributed by atoms with Crippen LogP contribution in [0.15, 0.2) is 24.3 Å². The summed E-state index contributed by atoms with van der Waals surface area (Å²) in [7, 11) is 3.43. The van der Waals surface area contributed by atoms with Gasteiger partial charge < -0.3 is 10.6 Å². The summed E-state index contributed by atoms with van der Waals surface area (Å²) < 4.78 is 0. The maximum absolute atomic E-state index is 12.5. The number of nitrogens with zero attached hydrogens (tertiary/aromatic N) is 3. The van der Waals surface area contributed by atoms with Crippen LogP contribution in [0.4, 0.5) is 5.95 Å². The highest BCUT2D eigenvalue weighted by Gasteiger charge is 2.21. The molecular formula is C18H24N4O. The van der Waals surface area contributed by atoms with Gasteiger partial charge in [-0.1, -0.05) is 45.0 Å². The Kier molecular flexibility index (Phi) is 4.41. The molecular weight excluding hydrogens is 288 g/mol. The van der Waals surface area contributed by atoms with Gasteiger partial charge in [-0.05, 0) is 17.9 Å². The predicted molar refractivity (Wildman–Crippen MR) is 93.3 cm³/mol. The molecule has 1 aromatic carbocycles. The predicted octanol–water partition coefficient (Wildman–Crippen LogP) is 3.03. The van der Waals surface area contributed by atoms with Gasteiger partial charge in [0.1, 0.15) is 0 Å². The van der Waals surface area contributed by atoms with Gasteiger partial charge in [-0.25, -0.2) is 9.97 Å². The lowest BCUT2D eigenvalue weighted by molar-refractivity contribution is 0.0827. The average molecular weight is 312 g/mol. The lowest BCUT2D eigenvalue weighted by Crippen LogP contribution is -2.24. The van der Waals surface area contributed by atoms with Crippen LogP contribution in [0, 0.1) is 6.92 Å². The molecule has 1 amide bonds. The van der Waals surface area contributed by atoms with Gasteiger partial charge in [0.25, 0.3) is 5.91 Å². The molecule has 0 fully saturated rings. The van der Waals surface area contributed by atoms with Crippen LogP contribution in [0.25, 0.3) is 11.3 Å². The topological polar surface area (TPSA) is 72.1 Å². The maximum Gasteiger partial charge on any atom is 0.257 e. The number of benzene rings is 1. The lowest BCUT2D eigenvalue weighted by atomic mass is 9.86. The van der Waals surface area contributed by atoms with Crippen LogP contribution in [-0.4, -0.2) is 34.9 Å². The van der Waals surface area contributed by atoms with Crippen LogP contribution >= 0.6 is 0 Å². The number of carbonyl (C=O) groups is 1. The van der Waals surface area contributed by atoms with Gasteiger partial charge in [-0.2, -0.15) is 0 Å². The fourth-order valence-electron chi connectivity index (χ4n) is 2.41. The van der Waals surface area contributed by atoms with Crippen LogP contribution in [0.2, 0.25) is 0 Å². The first-order valence-corrected chi connectivity index (χ1v) is 7.58. The molecule has 0 radical (unpaired) electrons. The Bertz CT molecular complexity index is 728. The van der Waals surface area contributed by atoms with E-state index in [0.29, 0.717) is 17.0 Å². The van der Waals surface area contributed by atoms with Gasteiger partial charge in [0.2, 0.25) is 5.95 Å². The first-order valence-electron chi connectivity index (χ1n) is 7.58. The van der Waals surface area contributed by atoms with Crippen molar-refractivity contribution >= 4 is 11.9 Å². The van der Waals surface area contributed by atoms with E-state index in [9.17, 15) is 4.79 Å². The summed E-state index contributed by atoms with van der Waals surface area (Å²) in [5.41, 5.74) is 9.61. The maximum atomic E-state index is 12.5. The number of hydrogen-bond acceptors (Lipinski definition) is 4. The standard InChI is InChI=1S/C18H24N4O/c1-11-14(16(23)22(5)6)15(21-17(19)20-11)12-7-9-13(10-8-12)18(2,3)4/h7-10H,1-6H3,(H2,19,20,21). The quantitative estimate of drug-likeness (QED) is 0.925. The molecule has 2 N–H and O–H groups in total. The van der Waals surface area contributed by atoms with Crippen LogP contribution in [0.3, 0.4) is 0 Å². The fourth-order valence-corrected chi connectivity index (χ4v) is 2.41. The van der Waals surface area contributed by atoms with Gasteiger partial charge in [0.15, 0.2) is 0 Å². The van der Waals surface area contributed by atoms with E-state index in [0.717, 1.165) is 5.56 Å². The Morgan fingerprint density at radius 2 is 1.65 bits per heavy atom. The zero-order valence-corrected chi connectivity index (χ0v) is 14.6. The van der Waals surface area contributed by atoms with Crippen molar-refractivity contribution in [1.82, 2.24) is 14.9 Å². The summed E-state index contributed by atoms with van der Waals surface area (Å²) >= 11 is 0. The number of carbonyl (C=O) groups excluding carboxylic acids is 1. The summed E-state index contributed by atoms with van der Waals surface area (Å²) in [5.74, 6) is 0.0464. The number of hydrogen-bond donors (Lipinski definition) is 1. The van der Waals surface area contributed by atoms with Crippen LogP contribution in [-0.2, 0) is 5.41 Å². The molecule has 122 valence electrons. The molecule has 23 heavy (non-hydrogen) atoms. The molecule has 0 aliphatic carbocycles. The summed E-state index contributed by atoms with van der Waals surface area (Å²) in [6, 6.07) is 8.09. The third-order valence-electron chi connectivity index (χ3n) is 3.75. The largest absolute Gasteiger partial charge is 0.368 e. The van der Waals surface area contributed by atoms with Crippen molar-refractivity contribution in [2.45, 2.75) is 33.1 Å². The molecule has 5 nitrogen and oxygen atoms in total. The third kappa shape index (κ3) is 3.50. The van der Waals surface area contributed by atoms with E-state index in [2.05, 4.69) is 42.9 Å². The first-order chi connectivity index (χ1) is 10.6. The highest BCUT2D eigenvalue weighted by atomic mass is 16.2. The Balaban J connectivity index is 2.61. The summed E-state index contributed by atoms with van der Waals surface area (Å²) in [4.78, 5) is 22.5. The summed E-state index contributed by atoms with van der Waals surface area (Å²) in [6.07, 6.45) is 0. The van der Waals surface area contributed by atoms with Crippen molar-refractivity contribution in [3.8, 4) is 11.3 Å². The third-order valence-corrected chi connectivity index (χ3v) is 3.75. The van der Waals surface area contributed by atoms with E-state index >= 15 is 0 Å². The van der Waals surface area contributed by atoms with Crippen LogP contribution in [0.1, 0.15) is 42.4 Å². The number of rotatable bonds is 2. The number of amides is 1. The molecule has 0 bridgehead atoms. The Morgan fingerprint density at radius 3 is 2.13 bits per heavy atom. The Hall–Kier alpha value is -2.43. The van der Waals surface area contributed by atoms with Gasteiger partial charge in [0.05, 0.1) is 17.0 Å². The minimum atomic E-state index is -0.127. The van der Waals surface area contributed by atoms with E-state index in [-0.39, 0.29) is 17.3 Å². The second-order valence-corrected chi connectivity index (χ2v) is 6.92. The SMILES string of the molecule is Cc1nc(N)nc(-c2ccc(C(C)(C)C)cc2)c1C(=O)N(C)C. The highest BCUT2D eigenvalue weighted by molar-refractivity contribution is 6.00. The molecule has 2 rings (SSSR count). The molecule has 0 unspecified atom stereocenters. The highest BCUT2D eigenvalue weighted by Crippen LogP contribution is 2.28. The number of anilines is 1. The molecule has 0 saturated heterocycles. The van der Waals surface area contributed by atoms with Crippen LogP contribution < -0.4 is 5.73 Å². The molecule has 0 spiro atoms. The summed E-state index contributed by atoms with van der Waals surface area (Å²) in [6.45, 7) is 8.27. The molecule has 1 aromatic heterocycles. The average Bonchev–Trinajstić information content (AvgIpc) is 2.45. The van der Waals surface area contributed by atoms with E-state index in [1.54, 1.807) is 21.0 Å². The molecule has 1 heterocycles. The molecule has 5 heteroatoms. The summed E-state index contributed by atoms with van der Waals surface area (Å²) in [5, 5.41) is 0. The van der Waals surface area contributed by atoms with E-state index < -0.39 is 0 Å². The van der Waals surface area contributed by atoms with Gasteiger partial charge in [-0.15, -0.1) is 0 Å². The second-order valence-electron chi connectivity index (χ2n) is 6.92. The molecule has 0 saturated carbocycles. The van der Waals surface area contributed by atoms with Crippen molar-refractivity contribution in [1.29, 1.82) is 0 Å². The van der Waals surface area contributed by atoms with Crippen LogP contribution in [0.5, 0.6) is 0 Å². The van der Waals surface area contributed by atoms with Crippen molar-refractivity contribution in [2.24, 2.45) is 0 Å². The van der Waals surface area contributed by atoms with Gasteiger partial charge in [0, 0.05) is 19.7 Å². The number of nitrogen functional groups attached to an aromatic ring is 1.